The van der Waals surface area contributed by atoms with E-state index in [9.17, 15) is 9.59 Å². The van der Waals surface area contributed by atoms with Gasteiger partial charge >= 0.3 is 11.9 Å². The fourth-order valence-electron chi connectivity index (χ4n) is 1.43. The zero-order valence-electron chi connectivity index (χ0n) is 11.5. The molecule has 1 aromatic rings. The summed E-state index contributed by atoms with van der Waals surface area (Å²) >= 11 is 0. The van der Waals surface area contributed by atoms with E-state index in [-0.39, 0.29) is 60.7 Å². The van der Waals surface area contributed by atoms with Crippen molar-refractivity contribution >= 4 is 36.8 Å². The molecule has 0 saturated heterocycles. The number of halogens is 2. The van der Waals surface area contributed by atoms with Crippen molar-refractivity contribution in [3.63, 3.8) is 0 Å². The van der Waals surface area contributed by atoms with Crippen LogP contribution in [0.15, 0.2) is 37.4 Å². The SMILES string of the molecule is C=CCOc1cc(C(=O)O)c(OCC=C)cc1C(=O)O.Cl.Cl. The molecule has 6 nitrogen and oxygen atoms in total. The Balaban J connectivity index is 0. The van der Waals surface area contributed by atoms with Crippen LogP contribution in [0.3, 0.4) is 0 Å². The number of hydrogen-bond donors (Lipinski definition) is 2. The number of carbonyl (C=O) groups is 2. The van der Waals surface area contributed by atoms with Gasteiger partial charge in [-0.05, 0) is 12.1 Å². The maximum atomic E-state index is 11.2. The number of aromatic carboxylic acids is 2. The van der Waals surface area contributed by atoms with E-state index in [0.29, 0.717) is 0 Å². The Morgan fingerprint density at radius 3 is 1.45 bits per heavy atom. The van der Waals surface area contributed by atoms with Gasteiger partial charge in [0, 0.05) is 0 Å². The first kappa shape index (κ1) is 22.1. The lowest BCUT2D eigenvalue weighted by molar-refractivity contribution is 0.0673. The molecule has 0 fully saturated rings. The third-order valence-electron chi connectivity index (χ3n) is 2.26. The highest BCUT2D eigenvalue weighted by atomic mass is 35.5. The zero-order chi connectivity index (χ0) is 15.1. The Hall–Kier alpha value is -2.18. The molecule has 0 atom stereocenters. The first-order valence-corrected chi connectivity index (χ1v) is 5.63. The molecule has 0 unspecified atom stereocenters. The van der Waals surface area contributed by atoms with E-state index in [1.165, 1.54) is 12.2 Å². The minimum atomic E-state index is -1.25. The molecule has 2 N–H and O–H groups in total. The normalized spacial score (nSPS) is 8.73. The van der Waals surface area contributed by atoms with Crippen molar-refractivity contribution < 1.29 is 29.3 Å². The summed E-state index contributed by atoms with van der Waals surface area (Å²) in [6.07, 6.45) is 2.85. The number of rotatable bonds is 8. The van der Waals surface area contributed by atoms with Crippen LogP contribution in [0, 0.1) is 0 Å². The van der Waals surface area contributed by atoms with Gasteiger partial charge in [-0.2, -0.15) is 0 Å². The highest BCUT2D eigenvalue weighted by Crippen LogP contribution is 2.29. The number of carboxylic acid groups (broad SMARTS) is 2. The lowest BCUT2D eigenvalue weighted by Crippen LogP contribution is -2.09. The van der Waals surface area contributed by atoms with Crippen molar-refractivity contribution in [2.45, 2.75) is 0 Å². The monoisotopic (exact) mass is 350 g/mol. The lowest BCUT2D eigenvalue weighted by atomic mass is 10.1. The molecule has 22 heavy (non-hydrogen) atoms. The summed E-state index contributed by atoms with van der Waals surface area (Å²) in [5, 5.41) is 18.2. The fraction of sp³-hybridized carbons (Fsp3) is 0.143. The highest BCUT2D eigenvalue weighted by Gasteiger charge is 2.20. The van der Waals surface area contributed by atoms with Crippen LogP contribution in [0.2, 0.25) is 0 Å². The van der Waals surface area contributed by atoms with Gasteiger partial charge in [0.1, 0.15) is 35.8 Å². The van der Waals surface area contributed by atoms with Gasteiger partial charge in [0.05, 0.1) is 0 Å². The molecule has 1 rings (SSSR count). The minimum absolute atomic E-state index is 0. The summed E-state index contributed by atoms with van der Waals surface area (Å²) in [6, 6.07) is 2.24. The van der Waals surface area contributed by atoms with Crippen molar-refractivity contribution in [3.8, 4) is 11.5 Å². The van der Waals surface area contributed by atoms with E-state index in [0.717, 1.165) is 12.1 Å². The molecule has 0 amide bonds. The van der Waals surface area contributed by atoms with E-state index < -0.39 is 11.9 Å². The Bertz CT molecular complexity index is 507. The summed E-state index contributed by atoms with van der Waals surface area (Å²) in [5.74, 6) is -2.60. The maximum absolute atomic E-state index is 11.2. The average Bonchev–Trinajstić information content (AvgIpc) is 2.42. The Morgan fingerprint density at radius 2 is 1.23 bits per heavy atom. The quantitative estimate of drug-likeness (QED) is 0.700. The number of hydrogen-bond acceptors (Lipinski definition) is 4. The Kier molecular flexibility index (Phi) is 10.6. The summed E-state index contributed by atoms with van der Waals surface area (Å²) in [6.45, 7) is 7.01. The molecule has 0 saturated carbocycles. The van der Waals surface area contributed by atoms with Crippen LogP contribution in [-0.4, -0.2) is 35.4 Å². The first-order chi connectivity index (χ1) is 9.51. The van der Waals surface area contributed by atoms with Gasteiger partial charge in [-0.3, -0.25) is 0 Å². The molecular formula is C14H16Cl2O6. The number of carboxylic acids is 2. The first-order valence-electron chi connectivity index (χ1n) is 5.63. The summed E-state index contributed by atoms with van der Waals surface area (Å²) in [5.41, 5.74) is -0.369. The number of benzene rings is 1. The van der Waals surface area contributed by atoms with Crippen LogP contribution in [-0.2, 0) is 0 Å². The summed E-state index contributed by atoms with van der Waals surface area (Å²) in [4.78, 5) is 22.3. The molecule has 0 radical (unpaired) electrons. The van der Waals surface area contributed by atoms with Crippen LogP contribution in [0.25, 0.3) is 0 Å². The van der Waals surface area contributed by atoms with Gasteiger partial charge in [0.15, 0.2) is 0 Å². The Labute approximate surface area is 139 Å². The van der Waals surface area contributed by atoms with E-state index >= 15 is 0 Å². The molecule has 0 spiro atoms. The van der Waals surface area contributed by atoms with Gasteiger partial charge < -0.3 is 19.7 Å². The van der Waals surface area contributed by atoms with E-state index in [2.05, 4.69) is 13.2 Å². The second-order valence-corrected chi connectivity index (χ2v) is 3.65. The van der Waals surface area contributed by atoms with Crippen molar-refractivity contribution in [1.82, 2.24) is 0 Å². The lowest BCUT2D eigenvalue weighted by Gasteiger charge is -2.13. The third-order valence-corrected chi connectivity index (χ3v) is 2.26. The molecule has 0 aliphatic rings. The van der Waals surface area contributed by atoms with Gasteiger partial charge in [-0.15, -0.1) is 24.8 Å². The molecule has 122 valence electrons. The van der Waals surface area contributed by atoms with Crippen molar-refractivity contribution in [2.24, 2.45) is 0 Å². The van der Waals surface area contributed by atoms with E-state index in [1.54, 1.807) is 0 Å². The molecular weight excluding hydrogens is 335 g/mol. The van der Waals surface area contributed by atoms with Crippen LogP contribution in [0.5, 0.6) is 11.5 Å². The summed E-state index contributed by atoms with van der Waals surface area (Å²) < 4.78 is 10.3. The molecule has 0 heterocycles. The largest absolute Gasteiger partial charge is 0.489 e. The standard InChI is InChI=1S/C14H14O6.2ClH/c1-3-5-19-11-7-10(14(17)18)12(20-6-4-2)8-9(11)13(15)16;;/h3-4,7-8H,1-2,5-6H2,(H,15,16)(H,17,18);2*1H. The second kappa shape index (κ2) is 10.5. The average molecular weight is 351 g/mol. The summed E-state index contributed by atoms with van der Waals surface area (Å²) in [7, 11) is 0. The van der Waals surface area contributed by atoms with Crippen molar-refractivity contribution in [3.05, 3.63) is 48.6 Å². The van der Waals surface area contributed by atoms with Crippen LogP contribution < -0.4 is 9.47 Å². The third kappa shape index (κ3) is 5.67. The van der Waals surface area contributed by atoms with Crippen LogP contribution >= 0.6 is 24.8 Å². The molecule has 0 aromatic heterocycles. The smallest absolute Gasteiger partial charge is 0.339 e. The second-order valence-electron chi connectivity index (χ2n) is 3.65. The van der Waals surface area contributed by atoms with Crippen molar-refractivity contribution in [1.29, 1.82) is 0 Å². The maximum Gasteiger partial charge on any atom is 0.339 e. The van der Waals surface area contributed by atoms with Crippen LogP contribution in [0.1, 0.15) is 20.7 Å². The zero-order valence-corrected chi connectivity index (χ0v) is 13.1. The predicted octanol–water partition coefficient (Wildman–Crippen LogP) is 3.06. The van der Waals surface area contributed by atoms with Crippen LogP contribution in [0.4, 0.5) is 0 Å². The molecule has 0 aliphatic carbocycles. The van der Waals surface area contributed by atoms with E-state index in [4.69, 9.17) is 19.7 Å². The van der Waals surface area contributed by atoms with Gasteiger partial charge in [0.2, 0.25) is 0 Å². The van der Waals surface area contributed by atoms with E-state index in [1.807, 2.05) is 0 Å². The van der Waals surface area contributed by atoms with Gasteiger partial charge in [-0.25, -0.2) is 9.59 Å². The predicted molar refractivity (Wildman–Crippen MR) is 86.2 cm³/mol. The van der Waals surface area contributed by atoms with Crippen molar-refractivity contribution in [2.75, 3.05) is 13.2 Å². The number of ether oxygens (including phenoxy) is 2. The molecule has 0 bridgehead atoms. The molecule has 8 heteroatoms. The van der Waals surface area contributed by atoms with Gasteiger partial charge in [-0.1, -0.05) is 25.3 Å². The molecule has 0 aliphatic heterocycles. The molecule has 1 aromatic carbocycles. The van der Waals surface area contributed by atoms with Gasteiger partial charge in [0.25, 0.3) is 0 Å². The topological polar surface area (TPSA) is 93.1 Å². The minimum Gasteiger partial charge on any atom is -0.489 e. The Morgan fingerprint density at radius 1 is 0.909 bits per heavy atom. The fourth-order valence-corrected chi connectivity index (χ4v) is 1.43. The highest BCUT2D eigenvalue weighted by molar-refractivity contribution is 5.97.